The smallest absolute Gasteiger partial charge is 0.0995 e. The highest BCUT2D eigenvalue weighted by atomic mass is 32.2. The molecule has 0 aliphatic heterocycles. The van der Waals surface area contributed by atoms with Gasteiger partial charge in [0.1, 0.15) is 0 Å². The lowest BCUT2D eigenvalue weighted by Crippen LogP contribution is -2.31. The second kappa shape index (κ2) is 4.74. The average Bonchev–Trinajstić information content (AvgIpc) is 1.82. The van der Waals surface area contributed by atoms with E-state index in [1.165, 1.54) is 0 Å². The third-order valence-corrected chi connectivity index (χ3v) is 2.56. The van der Waals surface area contributed by atoms with Gasteiger partial charge in [0, 0.05) is 28.2 Å². The first kappa shape index (κ1) is 12.6. The minimum atomic E-state index is -0.802. The topological polar surface area (TPSA) is 55.5 Å². The minimum absolute atomic E-state index is 0.0464. The van der Waals surface area contributed by atoms with Crippen molar-refractivity contribution in [2.45, 2.75) is 33.7 Å². The van der Waals surface area contributed by atoms with Crippen LogP contribution in [0.15, 0.2) is 4.99 Å². The van der Waals surface area contributed by atoms with Crippen molar-refractivity contribution in [3.63, 3.8) is 0 Å². The fraction of sp³-hybridized carbons (Fsp3) is 0.889. The van der Waals surface area contributed by atoms with Gasteiger partial charge in [0.2, 0.25) is 0 Å². The van der Waals surface area contributed by atoms with Crippen molar-refractivity contribution in [1.82, 2.24) is 0 Å². The molecule has 0 rings (SSSR count). The molecular formula is C9H20N2OS. The normalized spacial score (nSPS) is 18.4. The molecule has 0 fully saturated rings. The van der Waals surface area contributed by atoms with Gasteiger partial charge < -0.3 is 5.73 Å². The molecule has 0 saturated carbocycles. The number of nitrogens with zero attached hydrogens (tertiary/aromatic N) is 1. The van der Waals surface area contributed by atoms with Crippen molar-refractivity contribution >= 4 is 16.6 Å². The molecule has 13 heavy (non-hydrogen) atoms. The molecule has 0 bridgehead atoms. The monoisotopic (exact) mass is 204 g/mol. The fourth-order valence-electron chi connectivity index (χ4n) is 0.808. The number of rotatable bonds is 3. The van der Waals surface area contributed by atoms with Crippen LogP contribution in [-0.2, 0) is 10.8 Å². The van der Waals surface area contributed by atoms with E-state index < -0.39 is 10.8 Å². The zero-order chi connectivity index (χ0) is 10.6. The predicted octanol–water partition coefficient (Wildman–Crippen LogP) is 1.16. The summed E-state index contributed by atoms with van der Waals surface area (Å²) in [5.41, 5.74) is 5.68. The van der Waals surface area contributed by atoms with Gasteiger partial charge in [-0.3, -0.25) is 9.20 Å². The van der Waals surface area contributed by atoms with E-state index >= 15 is 0 Å². The Morgan fingerprint density at radius 2 is 2.00 bits per heavy atom. The van der Waals surface area contributed by atoms with Crippen LogP contribution in [0.25, 0.3) is 0 Å². The molecule has 2 N–H and O–H groups in total. The van der Waals surface area contributed by atoms with Crippen molar-refractivity contribution < 1.29 is 4.21 Å². The molecule has 2 atom stereocenters. The fourth-order valence-corrected chi connectivity index (χ4v) is 1.56. The first-order chi connectivity index (χ1) is 5.73. The van der Waals surface area contributed by atoms with Crippen LogP contribution in [0, 0.1) is 5.41 Å². The lowest BCUT2D eigenvalue weighted by molar-refractivity contribution is 0.576. The summed E-state index contributed by atoms with van der Waals surface area (Å²) in [6.45, 7) is 7.98. The van der Waals surface area contributed by atoms with Crippen molar-refractivity contribution in [3.05, 3.63) is 0 Å². The molecule has 0 aliphatic rings. The standard InChI is InChI=1S/C9H20N2OS/c1-7(6-13(5)12)11-8(10)9(2,3)4/h7H,6H2,1-5H3,(H2,10,11). The van der Waals surface area contributed by atoms with Gasteiger partial charge in [-0.1, -0.05) is 20.8 Å². The lowest BCUT2D eigenvalue weighted by Gasteiger charge is -2.19. The maximum atomic E-state index is 10.9. The zero-order valence-electron chi connectivity index (χ0n) is 9.13. The first-order valence-electron chi connectivity index (χ1n) is 4.37. The van der Waals surface area contributed by atoms with Gasteiger partial charge in [0.25, 0.3) is 0 Å². The highest BCUT2D eigenvalue weighted by Crippen LogP contribution is 2.13. The van der Waals surface area contributed by atoms with Crippen molar-refractivity contribution in [3.8, 4) is 0 Å². The summed E-state index contributed by atoms with van der Waals surface area (Å²) in [5, 5.41) is 0. The quantitative estimate of drug-likeness (QED) is 0.554. The Morgan fingerprint density at radius 1 is 1.54 bits per heavy atom. The SMILES string of the molecule is CC(CS(C)=O)N=C(N)C(C)(C)C. The molecule has 0 amide bonds. The molecule has 3 nitrogen and oxygen atoms in total. The van der Waals surface area contributed by atoms with Crippen LogP contribution >= 0.6 is 0 Å². The van der Waals surface area contributed by atoms with Crippen LogP contribution in [0.2, 0.25) is 0 Å². The van der Waals surface area contributed by atoms with E-state index in [1.54, 1.807) is 6.26 Å². The maximum absolute atomic E-state index is 10.9. The maximum Gasteiger partial charge on any atom is 0.0995 e. The van der Waals surface area contributed by atoms with Crippen molar-refractivity contribution in [2.75, 3.05) is 12.0 Å². The van der Waals surface area contributed by atoms with E-state index in [4.69, 9.17) is 5.73 Å². The van der Waals surface area contributed by atoms with E-state index in [-0.39, 0.29) is 11.5 Å². The van der Waals surface area contributed by atoms with Gasteiger partial charge in [-0.25, -0.2) is 0 Å². The van der Waals surface area contributed by atoms with Crippen molar-refractivity contribution in [1.29, 1.82) is 0 Å². The van der Waals surface area contributed by atoms with Crippen LogP contribution in [0.3, 0.4) is 0 Å². The average molecular weight is 204 g/mol. The molecule has 2 unspecified atom stereocenters. The van der Waals surface area contributed by atoms with E-state index in [2.05, 4.69) is 4.99 Å². The third kappa shape index (κ3) is 5.80. The van der Waals surface area contributed by atoms with Gasteiger partial charge in [-0.15, -0.1) is 0 Å². The molecule has 0 aliphatic carbocycles. The molecule has 4 heteroatoms. The molecule has 0 aromatic carbocycles. The second-order valence-corrected chi connectivity index (χ2v) is 5.83. The number of hydrogen-bond donors (Lipinski definition) is 1. The number of aliphatic imine (C=N–C) groups is 1. The van der Waals surface area contributed by atoms with Crippen LogP contribution in [0.4, 0.5) is 0 Å². The highest BCUT2D eigenvalue weighted by molar-refractivity contribution is 7.84. The molecule has 0 heterocycles. The molecule has 78 valence electrons. The summed E-state index contributed by atoms with van der Waals surface area (Å²) in [4.78, 5) is 4.29. The van der Waals surface area contributed by atoms with Crippen LogP contribution < -0.4 is 5.73 Å². The predicted molar refractivity (Wildman–Crippen MR) is 59.5 cm³/mol. The molecule has 0 radical (unpaired) electrons. The molecule has 0 aromatic rings. The Hall–Kier alpha value is -0.380. The second-order valence-electron chi connectivity index (χ2n) is 4.35. The van der Waals surface area contributed by atoms with E-state index in [0.717, 1.165) is 0 Å². The number of hydrogen-bond acceptors (Lipinski definition) is 2. The largest absolute Gasteiger partial charge is 0.387 e. The van der Waals surface area contributed by atoms with Gasteiger partial charge in [0.15, 0.2) is 0 Å². The Morgan fingerprint density at radius 3 is 2.31 bits per heavy atom. The van der Waals surface area contributed by atoms with Gasteiger partial charge in [-0.05, 0) is 6.92 Å². The zero-order valence-corrected chi connectivity index (χ0v) is 9.94. The number of amidine groups is 1. The van der Waals surface area contributed by atoms with Crippen molar-refractivity contribution in [2.24, 2.45) is 16.1 Å². The minimum Gasteiger partial charge on any atom is -0.387 e. The third-order valence-electron chi connectivity index (χ3n) is 1.60. The van der Waals surface area contributed by atoms with Crippen LogP contribution in [-0.4, -0.2) is 28.1 Å². The molecule has 0 spiro atoms. The highest BCUT2D eigenvalue weighted by Gasteiger charge is 2.16. The van der Waals surface area contributed by atoms with E-state index in [0.29, 0.717) is 11.6 Å². The van der Waals surface area contributed by atoms with Crippen LogP contribution in [0.1, 0.15) is 27.7 Å². The summed E-state index contributed by atoms with van der Waals surface area (Å²) in [6.07, 6.45) is 1.68. The summed E-state index contributed by atoms with van der Waals surface area (Å²) in [5.74, 6) is 1.21. The Bertz CT molecular complexity index is 218. The Balaban J connectivity index is 4.30. The van der Waals surface area contributed by atoms with Gasteiger partial charge in [0.05, 0.1) is 11.9 Å². The number of nitrogens with two attached hydrogens (primary N) is 1. The van der Waals surface area contributed by atoms with Gasteiger partial charge >= 0.3 is 0 Å². The molecule has 0 saturated heterocycles. The molecular weight excluding hydrogens is 184 g/mol. The lowest BCUT2D eigenvalue weighted by atomic mass is 9.95. The molecule has 0 aromatic heterocycles. The van der Waals surface area contributed by atoms with Gasteiger partial charge in [-0.2, -0.15) is 0 Å². The van der Waals surface area contributed by atoms with Crippen LogP contribution in [0.5, 0.6) is 0 Å². The summed E-state index contributed by atoms with van der Waals surface area (Å²) in [7, 11) is -0.802. The summed E-state index contributed by atoms with van der Waals surface area (Å²) in [6, 6.07) is 0.0464. The van der Waals surface area contributed by atoms with E-state index in [9.17, 15) is 4.21 Å². The Labute approximate surface area is 83.3 Å². The van der Waals surface area contributed by atoms with E-state index in [1.807, 2.05) is 27.7 Å². The summed E-state index contributed by atoms with van der Waals surface area (Å²) < 4.78 is 10.9. The first-order valence-corrected chi connectivity index (χ1v) is 6.10. The summed E-state index contributed by atoms with van der Waals surface area (Å²) >= 11 is 0. The Kier molecular flexibility index (Phi) is 4.61.